The molecule has 43 heavy (non-hydrogen) atoms. The normalized spacial score (nSPS) is 24.2. The molecule has 4 fully saturated rings. The average Bonchev–Trinajstić information content (AvgIpc) is 3.41. The lowest BCUT2D eigenvalue weighted by Crippen LogP contribution is -2.56. The van der Waals surface area contributed by atoms with Crippen LogP contribution >= 0.6 is 27.3 Å². The highest BCUT2D eigenvalue weighted by molar-refractivity contribution is 9.10. The lowest BCUT2D eigenvalue weighted by molar-refractivity contribution is -0.138. The fraction of sp³-hybridized carbons (Fsp3) is 0.552. The molecule has 4 saturated carbocycles. The van der Waals surface area contributed by atoms with Crippen molar-refractivity contribution in [2.24, 2.45) is 23.7 Å². The summed E-state index contributed by atoms with van der Waals surface area (Å²) in [6.07, 6.45) is 6.94. The molecule has 4 amide bonds. The molecule has 2 aromatic heterocycles. The molecule has 4 aliphatic rings. The van der Waals surface area contributed by atoms with Crippen LogP contribution in [0.1, 0.15) is 61.7 Å². The third-order valence-corrected chi connectivity index (χ3v) is 10.2. The molecule has 2 heterocycles. The molecule has 12 nitrogen and oxygen atoms in total. The number of carbonyl (C=O) groups excluding carboxylic acids is 5. The second-order valence-electron chi connectivity index (χ2n) is 11.7. The number of ketones is 1. The Kier molecular flexibility index (Phi) is 9.75. The van der Waals surface area contributed by atoms with E-state index >= 15 is 0 Å². The summed E-state index contributed by atoms with van der Waals surface area (Å²) in [4.78, 5) is 80.5. The predicted molar refractivity (Wildman–Crippen MR) is 162 cm³/mol. The van der Waals surface area contributed by atoms with Crippen molar-refractivity contribution in [1.82, 2.24) is 25.5 Å². The summed E-state index contributed by atoms with van der Waals surface area (Å²) >= 11 is 4.24. The third-order valence-electron chi connectivity index (χ3n) is 8.69. The van der Waals surface area contributed by atoms with Crippen LogP contribution in [-0.2, 0) is 25.7 Å². The van der Waals surface area contributed by atoms with E-state index in [4.69, 9.17) is 0 Å². The molecular weight excluding hydrogens is 640 g/mol. The van der Waals surface area contributed by atoms with E-state index in [1.165, 1.54) is 23.3 Å². The molecule has 4 aliphatic carbocycles. The quantitative estimate of drug-likeness (QED) is 0.250. The Morgan fingerprint density at radius 2 is 1.79 bits per heavy atom. The molecule has 4 bridgehead atoms. The number of hydrogen-bond acceptors (Lipinski definition) is 8. The monoisotopic (exact) mass is 674 g/mol. The molecule has 2 aromatic rings. The van der Waals surface area contributed by atoms with Gasteiger partial charge in [-0.2, -0.15) is 0 Å². The minimum absolute atomic E-state index is 0.0822. The minimum atomic E-state index is -1.25. The molecule has 0 unspecified atom stereocenters. The van der Waals surface area contributed by atoms with Crippen LogP contribution in [0.25, 0.3) is 0 Å². The summed E-state index contributed by atoms with van der Waals surface area (Å²) in [5.41, 5.74) is -0.662. The summed E-state index contributed by atoms with van der Waals surface area (Å²) in [6, 6.07) is 1.85. The van der Waals surface area contributed by atoms with Gasteiger partial charge in [0.2, 0.25) is 17.6 Å². The maximum atomic E-state index is 13.3. The first-order valence-corrected chi connectivity index (χ1v) is 16.3. The van der Waals surface area contributed by atoms with E-state index in [0.717, 1.165) is 48.9 Å². The molecule has 0 radical (unpaired) electrons. The number of nitrogens with zero attached hydrogens (tertiary/aromatic N) is 2. The van der Waals surface area contributed by atoms with Crippen LogP contribution < -0.4 is 26.8 Å². The Morgan fingerprint density at radius 1 is 1.09 bits per heavy atom. The van der Waals surface area contributed by atoms with Gasteiger partial charge in [-0.25, -0.2) is 4.98 Å². The van der Waals surface area contributed by atoms with Crippen LogP contribution in [0.5, 0.6) is 0 Å². The van der Waals surface area contributed by atoms with Gasteiger partial charge in [-0.15, -0.1) is 11.3 Å². The average molecular weight is 676 g/mol. The predicted octanol–water partition coefficient (Wildman–Crippen LogP) is 2.23. The highest BCUT2D eigenvalue weighted by Gasteiger charge is 2.48. The van der Waals surface area contributed by atoms with Crippen LogP contribution in [0.2, 0.25) is 0 Å². The van der Waals surface area contributed by atoms with Crippen LogP contribution in [0, 0.1) is 23.7 Å². The van der Waals surface area contributed by atoms with Gasteiger partial charge in [0.15, 0.2) is 5.01 Å². The largest absolute Gasteiger partial charge is 0.351 e. The van der Waals surface area contributed by atoms with Crippen LogP contribution in [0.3, 0.4) is 0 Å². The van der Waals surface area contributed by atoms with Crippen LogP contribution in [0.15, 0.2) is 33.1 Å². The van der Waals surface area contributed by atoms with Gasteiger partial charge in [-0.05, 0) is 97.2 Å². The van der Waals surface area contributed by atoms with Gasteiger partial charge in [0.1, 0.15) is 22.9 Å². The van der Waals surface area contributed by atoms with Crippen molar-refractivity contribution in [3.8, 4) is 0 Å². The maximum Gasteiger partial charge on any atom is 0.287 e. The van der Waals surface area contributed by atoms with Crippen molar-refractivity contribution in [2.45, 2.75) is 70.5 Å². The number of pyridine rings is 1. The molecule has 0 aromatic carbocycles. The van der Waals surface area contributed by atoms with Crippen molar-refractivity contribution in [3.05, 3.63) is 43.7 Å². The minimum Gasteiger partial charge on any atom is -0.351 e. The number of halogens is 1. The smallest absolute Gasteiger partial charge is 0.287 e. The lowest BCUT2D eigenvalue weighted by Gasteiger charge is -2.54. The van der Waals surface area contributed by atoms with E-state index in [9.17, 15) is 28.8 Å². The Bertz CT molecular complexity index is 1450. The number of aromatic nitrogens is 2. The zero-order chi connectivity index (χ0) is 30.7. The molecular formula is C29H35BrN6O6S. The van der Waals surface area contributed by atoms with Gasteiger partial charge in [-0.1, -0.05) is 0 Å². The first-order chi connectivity index (χ1) is 20.6. The first kappa shape index (κ1) is 31.0. The van der Waals surface area contributed by atoms with E-state index in [2.05, 4.69) is 42.2 Å². The third kappa shape index (κ3) is 7.40. The lowest BCUT2D eigenvalue weighted by atomic mass is 9.54. The molecule has 1 atom stereocenters. The summed E-state index contributed by atoms with van der Waals surface area (Å²) < 4.78 is 1.69. The molecule has 0 saturated heterocycles. The van der Waals surface area contributed by atoms with Crippen molar-refractivity contribution in [1.29, 1.82) is 0 Å². The number of nitrogens with one attached hydrogen (secondary N) is 4. The van der Waals surface area contributed by atoms with Crippen molar-refractivity contribution in [3.63, 3.8) is 0 Å². The molecule has 0 spiro atoms. The number of hydrogen-bond donors (Lipinski definition) is 4. The van der Waals surface area contributed by atoms with Crippen molar-refractivity contribution in [2.75, 3.05) is 11.9 Å². The Balaban J connectivity index is 1.24. The van der Waals surface area contributed by atoms with Gasteiger partial charge in [0.05, 0.1) is 0 Å². The molecule has 0 aliphatic heterocycles. The van der Waals surface area contributed by atoms with Crippen molar-refractivity contribution < 1.29 is 24.0 Å². The SMILES string of the molecule is CCNC(=O)C(=O)CC[C@H](NC(=O)c1nc(Br)cs1)C(=O)Nc1cccn(CC(=O)NC2C3CC4CC(C3)CC2C4)c1=O. The number of amides is 4. The summed E-state index contributed by atoms with van der Waals surface area (Å²) in [6.45, 7) is 1.75. The number of rotatable bonds is 12. The zero-order valence-corrected chi connectivity index (χ0v) is 26.2. The van der Waals surface area contributed by atoms with Gasteiger partial charge in [-0.3, -0.25) is 28.8 Å². The summed E-state index contributed by atoms with van der Waals surface area (Å²) in [7, 11) is 0. The first-order valence-electron chi connectivity index (χ1n) is 14.6. The van der Waals surface area contributed by atoms with E-state index in [0.29, 0.717) is 16.4 Å². The Labute approximate surface area is 260 Å². The second kappa shape index (κ2) is 13.5. The van der Waals surface area contributed by atoms with Crippen LogP contribution in [-0.4, -0.2) is 57.6 Å². The summed E-state index contributed by atoms with van der Waals surface area (Å²) in [5, 5.41) is 12.4. The number of thiazole rings is 1. The van der Waals surface area contributed by atoms with Gasteiger partial charge < -0.3 is 25.8 Å². The topological polar surface area (TPSA) is 168 Å². The maximum absolute atomic E-state index is 13.3. The van der Waals surface area contributed by atoms with E-state index in [-0.39, 0.29) is 48.6 Å². The highest BCUT2D eigenvalue weighted by atomic mass is 79.9. The molecule has 4 N–H and O–H groups in total. The van der Waals surface area contributed by atoms with Gasteiger partial charge >= 0.3 is 0 Å². The number of Topliss-reactive ketones (excluding diaryl/α,β-unsaturated/α-hetero) is 1. The number of anilines is 1. The molecule has 230 valence electrons. The van der Waals surface area contributed by atoms with E-state index in [1.807, 2.05) is 0 Å². The Morgan fingerprint density at radius 3 is 2.42 bits per heavy atom. The standard InChI is InChI=1S/C29H35BrN6O6S/c1-2-31-26(40)21(37)6-5-19(32-27(41)28-34-22(30)14-43-28)25(39)33-20-4-3-7-36(29(20)42)13-23(38)35-24-17-9-15-8-16(11-17)12-18(24)10-15/h3-4,7,14-19,24H,2,5-6,8-13H2,1H3,(H,31,40)(H,32,41)(H,33,39)(H,35,38)/t15?,16?,17?,18?,19-,24?/m0/s1. The van der Waals surface area contributed by atoms with Gasteiger partial charge in [0, 0.05) is 30.6 Å². The molecule has 14 heteroatoms. The fourth-order valence-corrected chi connectivity index (χ4v) is 8.17. The Hall–Kier alpha value is -3.39. The van der Waals surface area contributed by atoms with Crippen LogP contribution in [0.4, 0.5) is 5.69 Å². The van der Waals surface area contributed by atoms with Crippen molar-refractivity contribution >= 4 is 62.4 Å². The summed E-state index contributed by atoms with van der Waals surface area (Å²) in [5.74, 6) is -0.599. The van der Waals surface area contributed by atoms with E-state index in [1.54, 1.807) is 18.4 Å². The molecule has 6 rings (SSSR count). The highest BCUT2D eigenvalue weighted by Crippen LogP contribution is 2.53. The fourth-order valence-electron chi connectivity index (χ4n) is 7.02. The van der Waals surface area contributed by atoms with E-state index < -0.39 is 35.1 Å². The second-order valence-corrected chi connectivity index (χ2v) is 13.4. The number of carbonyl (C=O) groups is 5. The number of likely N-dealkylation sites (N-methyl/N-ethyl adjacent to an activating group) is 1. The zero-order valence-electron chi connectivity index (χ0n) is 23.8. The van der Waals surface area contributed by atoms with Gasteiger partial charge in [0.25, 0.3) is 17.4 Å².